The van der Waals surface area contributed by atoms with Gasteiger partial charge in [-0.25, -0.2) is 4.98 Å². The first kappa shape index (κ1) is 11.8. The number of nitrogens with zero attached hydrogens (tertiary/aromatic N) is 1. The van der Waals surface area contributed by atoms with Crippen LogP contribution in [0.5, 0.6) is 0 Å². The van der Waals surface area contributed by atoms with E-state index >= 15 is 0 Å². The first-order valence-corrected chi connectivity index (χ1v) is 7.05. The van der Waals surface area contributed by atoms with E-state index in [9.17, 15) is 0 Å². The minimum atomic E-state index is 0.333. The Morgan fingerprint density at radius 3 is 2.81 bits per heavy atom. The van der Waals surface area contributed by atoms with Gasteiger partial charge in [0.1, 0.15) is 5.01 Å². The zero-order valence-electron chi connectivity index (χ0n) is 9.78. The van der Waals surface area contributed by atoms with Gasteiger partial charge in [0.15, 0.2) is 0 Å². The van der Waals surface area contributed by atoms with Crippen LogP contribution in [-0.2, 0) is 6.54 Å². The first-order chi connectivity index (χ1) is 7.66. The van der Waals surface area contributed by atoms with E-state index in [1.54, 1.807) is 11.3 Å². The number of hydrogen-bond acceptors (Lipinski definition) is 4. The Kier molecular flexibility index (Phi) is 3.74. The molecule has 0 amide bonds. The average Bonchev–Trinajstić information content (AvgIpc) is 2.84. The van der Waals surface area contributed by atoms with E-state index < -0.39 is 0 Å². The normalized spacial score (nSPS) is 12.9. The van der Waals surface area contributed by atoms with Crippen molar-refractivity contribution in [1.82, 2.24) is 10.3 Å². The van der Waals surface area contributed by atoms with Crippen molar-refractivity contribution in [3.63, 3.8) is 0 Å². The molecule has 2 nitrogen and oxygen atoms in total. The van der Waals surface area contributed by atoms with Gasteiger partial charge in [0.05, 0.1) is 6.04 Å². The van der Waals surface area contributed by atoms with Crippen molar-refractivity contribution >= 4 is 22.7 Å². The second-order valence-electron chi connectivity index (χ2n) is 3.91. The van der Waals surface area contributed by atoms with E-state index in [0.29, 0.717) is 6.04 Å². The maximum atomic E-state index is 4.31. The third kappa shape index (κ3) is 2.70. The zero-order chi connectivity index (χ0) is 11.5. The smallest absolute Gasteiger partial charge is 0.109 e. The van der Waals surface area contributed by atoms with Crippen LogP contribution in [-0.4, -0.2) is 4.98 Å². The molecule has 0 spiro atoms. The summed E-state index contributed by atoms with van der Waals surface area (Å²) in [5, 5.41) is 6.69. The SMILES string of the molecule is Cc1cc(CNC(C)c2nccs2)c(C)s1. The molecule has 0 aliphatic heterocycles. The van der Waals surface area contributed by atoms with E-state index in [4.69, 9.17) is 0 Å². The van der Waals surface area contributed by atoms with Crippen LogP contribution in [0.1, 0.15) is 33.3 Å². The number of thiophene rings is 1. The van der Waals surface area contributed by atoms with Crippen molar-refractivity contribution in [3.05, 3.63) is 38.0 Å². The van der Waals surface area contributed by atoms with Crippen LogP contribution in [0.4, 0.5) is 0 Å². The van der Waals surface area contributed by atoms with E-state index in [0.717, 1.165) is 11.6 Å². The molecule has 0 saturated carbocycles. The summed E-state index contributed by atoms with van der Waals surface area (Å²) in [5.74, 6) is 0. The Hall–Kier alpha value is -0.710. The lowest BCUT2D eigenvalue weighted by Gasteiger charge is -2.10. The van der Waals surface area contributed by atoms with Gasteiger partial charge in [0, 0.05) is 27.9 Å². The molecule has 1 unspecified atom stereocenters. The van der Waals surface area contributed by atoms with Crippen LogP contribution in [0.3, 0.4) is 0 Å². The van der Waals surface area contributed by atoms with Gasteiger partial charge in [0.2, 0.25) is 0 Å². The predicted octanol–water partition coefficient (Wildman–Crippen LogP) is 3.67. The third-order valence-electron chi connectivity index (χ3n) is 2.56. The molecule has 86 valence electrons. The van der Waals surface area contributed by atoms with Crippen LogP contribution >= 0.6 is 22.7 Å². The van der Waals surface area contributed by atoms with Crippen molar-refractivity contribution < 1.29 is 0 Å². The van der Waals surface area contributed by atoms with E-state index in [1.165, 1.54) is 15.3 Å². The Balaban J connectivity index is 1.95. The van der Waals surface area contributed by atoms with Crippen molar-refractivity contribution in [3.8, 4) is 0 Å². The highest BCUT2D eigenvalue weighted by atomic mass is 32.1. The zero-order valence-corrected chi connectivity index (χ0v) is 11.4. The van der Waals surface area contributed by atoms with Gasteiger partial charge >= 0.3 is 0 Å². The van der Waals surface area contributed by atoms with Gasteiger partial charge in [-0.2, -0.15) is 0 Å². The lowest BCUT2D eigenvalue weighted by molar-refractivity contribution is 0.571. The largest absolute Gasteiger partial charge is 0.304 e. The van der Waals surface area contributed by atoms with Gasteiger partial charge in [-0.05, 0) is 32.4 Å². The molecule has 0 aliphatic rings. The van der Waals surface area contributed by atoms with Gasteiger partial charge in [0.25, 0.3) is 0 Å². The summed E-state index contributed by atoms with van der Waals surface area (Å²) < 4.78 is 0. The summed E-state index contributed by atoms with van der Waals surface area (Å²) in [6, 6.07) is 2.60. The summed E-state index contributed by atoms with van der Waals surface area (Å²) >= 11 is 3.57. The monoisotopic (exact) mass is 252 g/mol. The van der Waals surface area contributed by atoms with Crippen LogP contribution in [0.15, 0.2) is 17.6 Å². The Morgan fingerprint density at radius 2 is 2.25 bits per heavy atom. The molecule has 0 radical (unpaired) electrons. The molecule has 2 aromatic heterocycles. The fourth-order valence-electron chi connectivity index (χ4n) is 1.66. The second kappa shape index (κ2) is 5.08. The maximum absolute atomic E-state index is 4.31. The Bertz CT molecular complexity index is 446. The number of rotatable bonds is 4. The standard InChI is InChI=1S/C12H16N2S2/c1-8-6-11(10(3)16-8)7-14-9(2)12-13-4-5-15-12/h4-6,9,14H,7H2,1-3H3. The molecule has 2 aromatic rings. The second-order valence-corrected chi connectivity index (χ2v) is 6.30. The van der Waals surface area contributed by atoms with Crippen LogP contribution < -0.4 is 5.32 Å². The highest BCUT2D eigenvalue weighted by Gasteiger charge is 2.08. The summed E-state index contributed by atoms with van der Waals surface area (Å²) in [6.07, 6.45) is 1.86. The lowest BCUT2D eigenvalue weighted by Crippen LogP contribution is -2.17. The molecule has 2 rings (SSSR count). The number of aryl methyl sites for hydroxylation is 2. The maximum Gasteiger partial charge on any atom is 0.109 e. The third-order valence-corrected chi connectivity index (χ3v) is 4.53. The molecule has 0 fully saturated rings. The molecular weight excluding hydrogens is 236 g/mol. The van der Waals surface area contributed by atoms with E-state index in [-0.39, 0.29) is 0 Å². The summed E-state index contributed by atoms with van der Waals surface area (Å²) in [5.41, 5.74) is 1.41. The molecule has 4 heteroatoms. The Morgan fingerprint density at radius 1 is 1.44 bits per heavy atom. The highest BCUT2D eigenvalue weighted by molar-refractivity contribution is 7.12. The number of nitrogens with one attached hydrogen (secondary N) is 1. The fraction of sp³-hybridized carbons (Fsp3) is 0.417. The van der Waals surface area contributed by atoms with Crippen molar-refractivity contribution in [1.29, 1.82) is 0 Å². The fourth-order valence-corrected chi connectivity index (χ4v) is 3.27. The van der Waals surface area contributed by atoms with Crippen LogP contribution in [0.2, 0.25) is 0 Å². The minimum Gasteiger partial charge on any atom is -0.304 e. The van der Waals surface area contributed by atoms with Gasteiger partial charge < -0.3 is 5.32 Å². The summed E-state index contributed by atoms with van der Waals surface area (Å²) in [4.78, 5) is 7.11. The molecule has 2 heterocycles. The Labute approximate surface area is 104 Å². The van der Waals surface area contributed by atoms with Crippen LogP contribution in [0.25, 0.3) is 0 Å². The number of thiazole rings is 1. The number of hydrogen-bond donors (Lipinski definition) is 1. The first-order valence-electron chi connectivity index (χ1n) is 5.35. The highest BCUT2D eigenvalue weighted by Crippen LogP contribution is 2.22. The molecule has 0 aromatic carbocycles. The minimum absolute atomic E-state index is 0.333. The summed E-state index contributed by atoms with van der Waals surface area (Å²) in [6.45, 7) is 7.43. The van der Waals surface area contributed by atoms with E-state index in [2.05, 4.69) is 37.1 Å². The molecule has 1 N–H and O–H groups in total. The molecule has 0 bridgehead atoms. The van der Waals surface area contributed by atoms with Gasteiger partial charge in [-0.3, -0.25) is 0 Å². The molecular formula is C12H16N2S2. The van der Waals surface area contributed by atoms with E-state index in [1.807, 2.05) is 22.9 Å². The van der Waals surface area contributed by atoms with Crippen molar-refractivity contribution in [2.45, 2.75) is 33.4 Å². The molecule has 0 aliphatic carbocycles. The molecule has 1 atom stereocenters. The van der Waals surface area contributed by atoms with Gasteiger partial charge in [-0.15, -0.1) is 22.7 Å². The van der Waals surface area contributed by atoms with Crippen molar-refractivity contribution in [2.75, 3.05) is 0 Å². The lowest BCUT2D eigenvalue weighted by atomic mass is 10.2. The topological polar surface area (TPSA) is 24.9 Å². The quantitative estimate of drug-likeness (QED) is 0.898. The average molecular weight is 252 g/mol. The van der Waals surface area contributed by atoms with Gasteiger partial charge in [-0.1, -0.05) is 0 Å². The van der Waals surface area contributed by atoms with Crippen LogP contribution in [0, 0.1) is 13.8 Å². The predicted molar refractivity (Wildman–Crippen MR) is 71.2 cm³/mol. The van der Waals surface area contributed by atoms with Crippen molar-refractivity contribution in [2.24, 2.45) is 0 Å². The molecule has 16 heavy (non-hydrogen) atoms. The number of aromatic nitrogens is 1. The molecule has 0 saturated heterocycles. The summed E-state index contributed by atoms with van der Waals surface area (Å²) in [7, 11) is 0.